The van der Waals surface area contributed by atoms with Crippen molar-refractivity contribution in [1.29, 1.82) is 0 Å². The first-order valence-corrected chi connectivity index (χ1v) is 6.32. The van der Waals surface area contributed by atoms with Crippen LogP contribution in [0.2, 0.25) is 5.02 Å². The third-order valence-electron chi connectivity index (χ3n) is 2.64. The molecule has 20 heavy (non-hydrogen) atoms. The van der Waals surface area contributed by atoms with Gasteiger partial charge in [0.25, 0.3) is 5.91 Å². The van der Waals surface area contributed by atoms with Gasteiger partial charge in [0.1, 0.15) is 0 Å². The van der Waals surface area contributed by atoms with Crippen LogP contribution in [-0.2, 0) is 9.53 Å². The van der Waals surface area contributed by atoms with Crippen molar-refractivity contribution < 1.29 is 19.4 Å². The first-order valence-electron chi connectivity index (χ1n) is 5.94. The summed E-state index contributed by atoms with van der Waals surface area (Å²) < 4.78 is 5.06. The molecular formula is C14H16ClNO4. The first-order chi connectivity index (χ1) is 9.47. The van der Waals surface area contributed by atoms with Gasteiger partial charge in [0.2, 0.25) is 0 Å². The third-order valence-corrected chi connectivity index (χ3v) is 3.05. The maximum absolute atomic E-state index is 12.1. The minimum Gasteiger partial charge on any atom is -0.480 e. The number of nitrogens with one attached hydrogen (secondary N) is 1. The number of amides is 1. The number of carboxylic acids is 1. The summed E-state index contributed by atoms with van der Waals surface area (Å²) in [5.41, 5.74) is 0.940. The van der Waals surface area contributed by atoms with E-state index in [-0.39, 0.29) is 13.2 Å². The van der Waals surface area contributed by atoms with E-state index in [2.05, 4.69) is 11.9 Å². The van der Waals surface area contributed by atoms with Crippen LogP contribution in [0.4, 0.5) is 0 Å². The van der Waals surface area contributed by atoms with Gasteiger partial charge in [0.15, 0.2) is 6.04 Å². The van der Waals surface area contributed by atoms with E-state index in [1.165, 1.54) is 6.08 Å². The average molecular weight is 298 g/mol. The summed E-state index contributed by atoms with van der Waals surface area (Å²) in [5, 5.41) is 11.9. The number of carbonyl (C=O) groups is 2. The fourth-order valence-electron chi connectivity index (χ4n) is 1.53. The molecule has 0 aliphatic rings. The van der Waals surface area contributed by atoms with Crippen molar-refractivity contribution >= 4 is 23.5 Å². The lowest BCUT2D eigenvalue weighted by atomic mass is 10.1. The SMILES string of the molecule is C=CCOCC(NC(=O)c1cccc(Cl)c1C)C(=O)O. The van der Waals surface area contributed by atoms with Gasteiger partial charge in [-0.05, 0) is 24.6 Å². The molecule has 0 bridgehead atoms. The predicted molar refractivity (Wildman–Crippen MR) is 76.1 cm³/mol. The van der Waals surface area contributed by atoms with Gasteiger partial charge < -0.3 is 15.2 Å². The molecule has 1 atom stereocenters. The zero-order valence-electron chi connectivity index (χ0n) is 11.1. The molecule has 0 spiro atoms. The molecule has 0 aliphatic carbocycles. The van der Waals surface area contributed by atoms with E-state index in [0.717, 1.165) is 0 Å². The Morgan fingerprint density at radius 3 is 2.85 bits per heavy atom. The summed E-state index contributed by atoms with van der Waals surface area (Å²) >= 11 is 5.93. The van der Waals surface area contributed by atoms with Crippen LogP contribution in [0.3, 0.4) is 0 Å². The first kappa shape index (κ1) is 16.2. The topological polar surface area (TPSA) is 75.6 Å². The second-order valence-electron chi connectivity index (χ2n) is 4.10. The normalized spacial score (nSPS) is 11.7. The quantitative estimate of drug-likeness (QED) is 0.596. The van der Waals surface area contributed by atoms with E-state index in [9.17, 15) is 9.59 Å². The number of halogens is 1. The van der Waals surface area contributed by atoms with Gasteiger partial charge in [-0.1, -0.05) is 23.7 Å². The Morgan fingerprint density at radius 2 is 2.25 bits per heavy atom. The summed E-state index contributed by atoms with van der Waals surface area (Å²) in [6, 6.07) is 3.75. The Labute approximate surface area is 122 Å². The van der Waals surface area contributed by atoms with E-state index in [1.54, 1.807) is 25.1 Å². The molecule has 5 nitrogen and oxygen atoms in total. The summed E-state index contributed by atoms with van der Waals surface area (Å²) in [6.07, 6.45) is 1.50. The Balaban J connectivity index is 2.77. The summed E-state index contributed by atoms with van der Waals surface area (Å²) in [6.45, 7) is 5.24. The Morgan fingerprint density at radius 1 is 1.55 bits per heavy atom. The van der Waals surface area contributed by atoms with Crippen molar-refractivity contribution in [2.24, 2.45) is 0 Å². The van der Waals surface area contributed by atoms with Crippen molar-refractivity contribution in [3.8, 4) is 0 Å². The molecule has 1 aromatic rings. The second kappa shape index (κ2) is 7.67. The standard InChI is InChI=1S/C14H16ClNO4/c1-3-7-20-8-12(14(18)19)16-13(17)10-5-4-6-11(15)9(10)2/h3-6,12H,1,7-8H2,2H3,(H,16,17)(H,18,19). The Hall–Kier alpha value is -1.85. The summed E-state index contributed by atoms with van der Waals surface area (Å²) in [5.74, 6) is -1.67. The number of benzene rings is 1. The number of rotatable bonds is 7. The molecule has 1 rings (SSSR count). The molecule has 0 saturated carbocycles. The van der Waals surface area contributed by atoms with Crippen LogP contribution in [-0.4, -0.2) is 36.2 Å². The van der Waals surface area contributed by atoms with Crippen LogP contribution in [0.15, 0.2) is 30.9 Å². The van der Waals surface area contributed by atoms with Crippen molar-refractivity contribution in [3.05, 3.63) is 47.0 Å². The molecule has 0 aliphatic heterocycles. The van der Waals surface area contributed by atoms with E-state index < -0.39 is 17.9 Å². The molecule has 1 amide bonds. The predicted octanol–water partition coefficient (Wildman–Crippen LogP) is 2.03. The highest BCUT2D eigenvalue weighted by molar-refractivity contribution is 6.31. The number of ether oxygens (including phenoxy) is 1. The smallest absolute Gasteiger partial charge is 0.328 e. The van der Waals surface area contributed by atoms with Crippen molar-refractivity contribution in [3.63, 3.8) is 0 Å². The number of carbonyl (C=O) groups excluding carboxylic acids is 1. The summed E-state index contributed by atoms with van der Waals surface area (Å²) in [7, 11) is 0. The number of hydrogen-bond acceptors (Lipinski definition) is 3. The van der Waals surface area contributed by atoms with Gasteiger partial charge in [-0.2, -0.15) is 0 Å². The second-order valence-corrected chi connectivity index (χ2v) is 4.51. The fourth-order valence-corrected chi connectivity index (χ4v) is 1.71. The molecule has 108 valence electrons. The zero-order valence-corrected chi connectivity index (χ0v) is 11.8. The van der Waals surface area contributed by atoms with E-state index in [4.69, 9.17) is 21.4 Å². The maximum Gasteiger partial charge on any atom is 0.328 e. The minimum atomic E-state index is -1.16. The molecule has 1 unspecified atom stereocenters. The third kappa shape index (κ3) is 4.36. The molecule has 0 fully saturated rings. The fraction of sp³-hybridized carbons (Fsp3) is 0.286. The molecule has 0 aromatic heterocycles. The largest absolute Gasteiger partial charge is 0.480 e. The molecule has 0 heterocycles. The van der Waals surface area contributed by atoms with E-state index in [0.29, 0.717) is 16.1 Å². The van der Waals surface area contributed by atoms with Gasteiger partial charge in [-0.15, -0.1) is 6.58 Å². The van der Waals surface area contributed by atoms with Crippen molar-refractivity contribution in [1.82, 2.24) is 5.32 Å². The number of hydrogen-bond donors (Lipinski definition) is 2. The Kier molecular flexibility index (Phi) is 6.21. The average Bonchev–Trinajstić information content (AvgIpc) is 2.40. The Bertz CT molecular complexity index is 516. The van der Waals surface area contributed by atoms with Crippen LogP contribution >= 0.6 is 11.6 Å². The molecule has 0 saturated heterocycles. The maximum atomic E-state index is 12.1. The van der Waals surface area contributed by atoms with Gasteiger partial charge >= 0.3 is 5.97 Å². The minimum absolute atomic E-state index is 0.132. The lowest BCUT2D eigenvalue weighted by Gasteiger charge is -2.15. The zero-order chi connectivity index (χ0) is 15.1. The van der Waals surface area contributed by atoms with Crippen LogP contribution in [0, 0.1) is 6.92 Å². The van der Waals surface area contributed by atoms with Gasteiger partial charge in [-0.25, -0.2) is 4.79 Å². The highest BCUT2D eigenvalue weighted by atomic mass is 35.5. The molecular weight excluding hydrogens is 282 g/mol. The molecule has 1 aromatic carbocycles. The van der Waals surface area contributed by atoms with Gasteiger partial charge in [-0.3, -0.25) is 4.79 Å². The van der Waals surface area contributed by atoms with Crippen molar-refractivity contribution in [2.45, 2.75) is 13.0 Å². The molecule has 2 N–H and O–H groups in total. The monoisotopic (exact) mass is 297 g/mol. The van der Waals surface area contributed by atoms with Crippen LogP contribution in [0.5, 0.6) is 0 Å². The van der Waals surface area contributed by atoms with E-state index in [1.807, 2.05) is 0 Å². The summed E-state index contributed by atoms with van der Waals surface area (Å²) in [4.78, 5) is 23.1. The number of carboxylic acid groups (broad SMARTS) is 1. The molecule has 0 radical (unpaired) electrons. The van der Waals surface area contributed by atoms with E-state index >= 15 is 0 Å². The highest BCUT2D eigenvalue weighted by Gasteiger charge is 2.21. The van der Waals surface area contributed by atoms with Gasteiger partial charge in [0.05, 0.1) is 13.2 Å². The lowest BCUT2D eigenvalue weighted by Crippen LogP contribution is -2.44. The van der Waals surface area contributed by atoms with Crippen molar-refractivity contribution in [2.75, 3.05) is 13.2 Å². The lowest BCUT2D eigenvalue weighted by molar-refractivity contribution is -0.140. The highest BCUT2D eigenvalue weighted by Crippen LogP contribution is 2.18. The molecule has 6 heteroatoms. The van der Waals surface area contributed by atoms with Crippen LogP contribution in [0.25, 0.3) is 0 Å². The van der Waals surface area contributed by atoms with Crippen LogP contribution < -0.4 is 5.32 Å². The number of aliphatic carboxylic acids is 1. The van der Waals surface area contributed by atoms with Crippen LogP contribution in [0.1, 0.15) is 15.9 Å². The van der Waals surface area contributed by atoms with Gasteiger partial charge in [0, 0.05) is 10.6 Å².